The van der Waals surface area contributed by atoms with Gasteiger partial charge in [0, 0.05) is 13.1 Å². The van der Waals surface area contributed by atoms with Crippen LogP contribution >= 0.6 is 0 Å². The highest BCUT2D eigenvalue weighted by Gasteiger charge is 2.17. The molecule has 0 aliphatic heterocycles. The molecule has 0 aromatic carbocycles. The minimum Gasteiger partial charge on any atom is -0.460 e. The molecule has 0 atom stereocenters. The monoisotopic (exact) mass is 249 g/mol. The van der Waals surface area contributed by atoms with Gasteiger partial charge in [-0.05, 0) is 38.8 Å². The van der Waals surface area contributed by atoms with Crippen LogP contribution in [0.3, 0.4) is 0 Å². The minimum absolute atomic E-state index is 0.0729. The third-order valence-corrected chi connectivity index (χ3v) is 2.24. The zero-order valence-electron chi connectivity index (χ0n) is 11.5. The van der Waals surface area contributed by atoms with Gasteiger partial charge in [-0.1, -0.05) is 6.07 Å². The van der Waals surface area contributed by atoms with E-state index in [4.69, 9.17) is 4.74 Å². The van der Waals surface area contributed by atoms with Gasteiger partial charge in [-0.2, -0.15) is 0 Å². The number of carbonyl (C=O) groups is 2. The second kappa shape index (κ2) is 5.29. The molecule has 0 fully saturated rings. The van der Waals surface area contributed by atoms with E-state index in [2.05, 4.69) is 4.98 Å². The molecule has 1 heterocycles. The van der Waals surface area contributed by atoms with E-state index in [9.17, 15) is 9.59 Å². The summed E-state index contributed by atoms with van der Waals surface area (Å²) < 4.78 is 5.23. The molecular formula is C14H19NO3. The lowest BCUT2D eigenvalue weighted by Gasteiger charge is -2.19. The molecule has 0 aliphatic rings. The van der Waals surface area contributed by atoms with E-state index in [1.165, 1.54) is 6.92 Å². The first-order valence-corrected chi connectivity index (χ1v) is 5.87. The molecule has 0 saturated carbocycles. The highest BCUT2D eigenvalue weighted by atomic mass is 16.6. The van der Waals surface area contributed by atoms with Crippen LogP contribution in [-0.2, 0) is 16.0 Å². The molecule has 0 unspecified atom stereocenters. The van der Waals surface area contributed by atoms with Crippen molar-refractivity contribution in [2.75, 3.05) is 0 Å². The number of pyridine rings is 1. The van der Waals surface area contributed by atoms with E-state index < -0.39 is 5.60 Å². The topological polar surface area (TPSA) is 56.3 Å². The third-order valence-electron chi connectivity index (χ3n) is 2.24. The lowest BCUT2D eigenvalue weighted by atomic mass is 10.1. The summed E-state index contributed by atoms with van der Waals surface area (Å²) >= 11 is 0. The van der Waals surface area contributed by atoms with Crippen LogP contribution < -0.4 is 0 Å². The molecule has 98 valence electrons. The lowest BCUT2D eigenvalue weighted by Crippen LogP contribution is -2.25. The summed E-state index contributed by atoms with van der Waals surface area (Å²) in [5.41, 5.74) is 1.50. The van der Waals surface area contributed by atoms with E-state index in [0.29, 0.717) is 5.69 Å². The molecule has 4 nitrogen and oxygen atoms in total. The summed E-state index contributed by atoms with van der Waals surface area (Å²) in [4.78, 5) is 26.9. The average molecular weight is 249 g/mol. The van der Waals surface area contributed by atoms with Crippen molar-refractivity contribution < 1.29 is 14.3 Å². The van der Waals surface area contributed by atoms with E-state index in [1.54, 1.807) is 12.3 Å². The molecule has 4 heteroatoms. The Morgan fingerprint density at radius 3 is 2.39 bits per heavy atom. The standard InChI is InChI=1S/C14H19NO3/c1-9-6-11(8-15-13(9)10(2)16)7-12(17)18-14(3,4)5/h6,8H,7H2,1-5H3. The van der Waals surface area contributed by atoms with Gasteiger partial charge in [0.1, 0.15) is 11.3 Å². The Morgan fingerprint density at radius 2 is 1.94 bits per heavy atom. The van der Waals surface area contributed by atoms with Gasteiger partial charge in [0.25, 0.3) is 0 Å². The Kier molecular flexibility index (Phi) is 4.22. The van der Waals surface area contributed by atoms with Crippen LogP contribution in [-0.4, -0.2) is 22.3 Å². The Morgan fingerprint density at radius 1 is 1.33 bits per heavy atom. The summed E-state index contributed by atoms with van der Waals surface area (Å²) in [6, 6.07) is 1.80. The van der Waals surface area contributed by atoms with Crippen LogP contribution in [0.5, 0.6) is 0 Å². The Bertz CT molecular complexity index is 472. The summed E-state index contributed by atoms with van der Waals surface area (Å²) in [6.07, 6.45) is 1.72. The molecule has 18 heavy (non-hydrogen) atoms. The fourth-order valence-electron chi connectivity index (χ4n) is 1.64. The van der Waals surface area contributed by atoms with Crippen LogP contribution in [0.1, 0.15) is 49.3 Å². The van der Waals surface area contributed by atoms with Crippen LogP contribution in [0.25, 0.3) is 0 Å². The lowest BCUT2D eigenvalue weighted by molar-refractivity contribution is -0.153. The van der Waals surface area contributed by atoms with Gasteiger partial charge in [0.15, 0.2) is 5.78 Å². The van der Waals surface area contributed by atoms with Gasteiger partial charge in [-0.25, -0.2) is 0 Å². The maximum absolute atomic E-state index is 11.6. The molecule has 0 N–H and O–H groups in total. The van der Waals surface area contributed by atoms with Crippen LogP contribution in [0.15, 0.2) is 12.3 Å². The number of Topliss-reactive ketones (excluding diaryl/α,β-unsaturated/α-hetero) is 1. The highest BCUT2D eigenvalue weighted by Crippen LogP contribution is 2.12. The number of carbonyl (C=O) groups excluding carboxylic acids is 2. The second-order valence-corrected chi connectivity index (χ2v) is 5.33. The number of ketones is 1. The number of aromatic nitrogens is 1. The molecular weight excluding hydrogens is 230 g/mol. The van der Waals surface area contributed by atoms with Crippen molar-refractivity contribution >= 4 is 11.8 Å². The van der Waals surface area contributed by atoms with Crippen molar-refractivity contribution in [3.05, 3.63) is 29.1 Å². The van der Waals surface area contributed by atoms with Gasteiger partial charge in [0.2, 0.25) is 0 Å². The maximum Gasteiger partial charge on any atom is 0.310 e. The van der Waals surface area contributed by atoms with Crippen molar-refractivity contribution in [1.82, 2.24) is 4.98 Å². The number of nitrogens with zero attached hydrogens (tertiary/aromatic N) is 1. The van der Waals surface area contributed by atoms with Crippen LogP contribution in [0.2, 0.25) is 0 Å². The summed E-state index contributed by atoms with van der Waals surface area (Å²) in [6.45, 7) is 8.76. The minimum atomic E-state index is -0.487. The first kappa shape index (κ1) is 14.4. The molecule has 0 saturated heterocycles. The zero-order valence-corrected chi connectivity index (χ0v) is 11.5. The SMILES string of the molecule is CC(=O)c1ncc(CC(=O)OC(C)(C)C)cc1C. The molecule has 0 aliphatic carbocycles. The number of ether oxygens (including phenoxy) is 1. The first-order valence-electron chi connectivity index (χ1n) is 5.87. The van der Waals surface area contributed by atoms with E-state index in [-0.39, 0.29) is 18.2 Å². The van der Waals surface area contributed by atoms with Crippen molar-refractivity contribution in [2.24, 2.45) is 0 Å². The smallest absolute Gasteiger partial charge is 0.310 e. The number of hydrogen-bond acceptors (Lipinski definition) is 4. The molecule has 1 aromatic rings. The van der Waals surface area contributed by atoms with E-state index in [0.717, 1.165) is 11.1 Å². The van der Waals surface area contributed by atoms with Crippen molar-refractivity contribution in [3.8, 4) is 0 Å². The van der Waals surface area contributed by atoms with Crippen LogP contribution in [0.4, 0.5) is 0 Å². The van der Waals surface area contributed by atoms with E-state index in [1.807, 2.05) is 27.7 Å². The zero-order chi connectivity index (χ0) is 13.9. The van der Waals surface area contributed by atoms with Crippen LogP contribution in [0, 0.1) is 6.92 Å². The normalized spacial score (nSPS) is 11.2. The number of esters is 1. The van der Waals surface area contributed by atoms with Gasteiger partial charge < -0.3 is 4.74 Å². The van der Waals surface area contributed by atoms with Crippen molar-refractivity contribution in [1.29, 1.82) is 0 Å². The van der Waals surface area contributed by atoms with Crippen molar-refractivity contribution in [3.63, 3.8) is 0 Å². The average Bonchev–Trinajstić information content (AvgIpc) is 2.13. The quantitative estimate of drug-likeness (QED) is 0.610. The molecule has 0 amide bonds. The third kappa shape index (κ3) is 4.28. The summed E-state index contributed by atoms with van der Waals surface area (Å²) in [7, 11) is 0. The number of aryl methyl sites for hydroxylation is 1. The maximum atomic E-state index is 11.6. The molecule has 1 aromatic heterocycles. The highest BCUT2D eigenvalue weighted by molar-refractivity contribution is 5.93. The largest absolute Gasteiger partial charge is 0.460 e. The molecule has 0 radical (unpaired) electrons. The fourth-order valence-corrected chi connectivity index (χ4v) is 1.64. The van der Waals surface area contributed by atoms with E-state index >= 15 is 0 Å². The Labute approximate surface area is 107 Å². The Hall–Kier alpha value is -1.71. The van der Waals surface area contributed by atoms with Gasteiger partial charge in [-0.3, -0.25) is 14.6 Å². The fraction of sp³-hybridized carbons (Fsp3) is 0.500. The number of hydrogen-bond donors (Lipinski definition) is 0. The molecule has 0 spiro atoms. The molecule has 0 bridgehead atoms. The number of rotatable bonds is 3. The van der Waals surface area contributed by atoms with Gasteiger partial charge in [-0.15, -0.1) is 0 Å². The summed E-state index contributed by atoms with van der Waals surface area (Å²) in [5.74, 6) is -0.365. The van der Waals surface area contributed by atoms with Gasteiger partial charge in [0.05, 0.1) is 6.42 Å². The molecule has 1 rings (SSSR count). The second-order valence-electron chi connectivity index (χ2n) is 5.33. The predicted octanol–water partition coefficient (Wildman–Crippen LogP) is 2.48. The predicted molar refractivity (Wildman–Crippen MR) is 68.5 cm³/mol. The summed E-state index contributed by atoms with van der Waals surface area (Å²) in [5, 5.41) is 0. The van der Waals surface area contributed by atoms with Gasteiger partial charge >= 0.3 is 5.97 Å². The van der Waals surface area contributed by atoms with Crippen molar-refractivity contribution in [2.45, 2.75) is 46.6 Å². The first-order chi connectivity index (χ1) is 8.19. The Balaban J connectivity index is 2.78.